The van der Waals surface area contributed by atoms with E-state index in [-0.39, 0.29) is 16.5 Å². The Morgan fingerprint density at radius 2 is 1.57 bits per heavy atom. The molecule has 0 spiro atoms. The summed E-state index contributed by atoms with van der Waals surface area (Å²) in [6.45, 7) is 2.19. The summed E-state index contributed by atoms with van der Waals surface area (Å²) < 4.78 is 0. The van der Waals surface area contributed by atoms with E-state index in [1.807, 2.05) is 0 Å². The predicted octanol–water partition coefficient (Wildman–Crippen LogP) is 4.77. The molecule has 0 bridgehead atoms. The molecule has 4 nitrogen and oxygen atoms in total. The molecule has 4 heteroatoms. The minimum Gasteiger partial charge on any atom is -0.478 e. The van der Waals surface area contributed by atoms with Crippen LogP contribution in [0.3, 0.4) is 0 Å². The maximum absolute atomic E-state index is 11.4. The zero-order valence-corrected chi connectivity index (χ0v) is 13.8. The first-order valence-electron chi connectivity index (χ1n) is 8.57. The van der Waals surface area contributed by atoms with Crippen LogP contribution in [-0.4, -0.2) is 22.2 Å². The fourth-order valence-corrected chi connectivity index (χ4v) is 3.35. The normalized spacial score (nSPS) is 15.3. The van der Waals surface area contributed by atoms with Crippen molar-refractivity contribution in [2.75, 3.05) is 0 Å². The monoisotopic (exact) mass is 318 g/mol. The Labute approximate surface area is 137 Å². The molecule has 0 saturated heterocycles. The Kier molecular flexibility index (Phi) is 5.80. The van der Waals surface area contributed by atoms with Crippen molar-refractivity contribution >= 4 is 11.9 Å². The number of unbranched alkanes of at least 4 members (excludes halogenated alkanes) is 4. The lowest BCUT2D eigenvalue weighted by Gasteiger charge is -2.18. The topological polar surface area (TPSA) is 74.6 Å². The van der Waals surface area contributed by atoms with Gasteiger partial charge in [0.05, 0.1) is 11.1 Å². The number of benzene rings is 1. The molecule has 1 aromatic carbocycles. The second kappa shape index (κ2) is 7.62. The van der Waals surface area contributed by atoms with Gasteiger partial charge in [-0.15, -0.1) is 0 Å². The fourth-order valence-electron chi connectivity index (χ4n) is 3.35. The molecule has 23 heavy (non-hydrogen) atoms. The van der Waals surface area contributed by atoms with E-state index in [0.717, 1.165) is 25.7 Å². The van der Waals surface area contributed by atoms with E-state index in [0.29, 0.717) is 12.0 Å². The van der Waals surface area contributed by atoms with Crippen molar-refractivity contribution in [3.63, 3.8) is 0 Å². The molecule has 126 valence electrons. The maximum Gasteiger partial charge on any atom is 0.335 e. The van der Waals surface area contributed by atoms with E-state index >= 15 is 0 Å². The Morgan fingerprint density at radius 1 is 1.00 bits per heavy atom. The summed E-state index contributed by atoms with van der Waals surface area (Å²) >= 11 is 0. The summed E-state index contributed by atoms with van der Waals surface area (Å²) in [5.41, 5.74) is 0.907. The molecule has 0 amide bonds. The third kappa shape index (κ3) is 4.57. The Balaban J connectivity index is 2.09. The first-order chi connectivity index (χ1) is 11.0. The molecule has 1 aliphatic carbocycles. The molecule has 0 radical (unpaired) electrons. The van der Waals surface area contributed by atoms with Gasteiger partial charge in [0.25, 0.3) is 0 Å². The van der Waals surface area contributed by atoms with Gasteiger partial charge in [-0.2, -0.15) is 0 Å². The molecular weight excluding hydrogens is 292 g/mol. The van der Waals surface area contributed by atoms with Gasteiger partial charge in [-0.05, 0) is 48.8 Å². The fraction of sp³-hybridized carbons (Fsp3) is 0.579. The lowest BCUT2D eigenvalue weighted by atomic mass is 9.86. The third-order valence-corrected chi connectivity index (χ3v) is 4.96. The highest BCUT2D eigenvalue weighted by Crippen LogP contribution is 2.53. The predicted molar refractivity (Wildman–Crippen MR) is 89.1 cm³/mol. The number of rotatable bonds is 10. The summed E-state index contributed by atoms with van der Waals surface area (Å²) in [6, 6.07) is 4.55. The van der Waals surface area contributed by atoms with Gasteiger partial charge in [0.15, 0.2) is 0 Å². The van der Waals surface area contributed by atoms with Gasteiger partial charge in [-0.3, -0.25) is 0 Å². The van der Waals surface area contributed by atoms with Crippen molar-refractivity contribution in [2.24, 2.45) is 5.41 Å². The molecule has 1 aromatic rings. The van der Waals surface area contributed by atoms with Crippen molar-refractivity contribution in [3.05, 3.63) is 34.9 Å². The van der Waals surface area contributed by atoms with E-state index in [4.69, 9.17) is 0 Å². The van der Waals surface area contributed by atoms with Crippen LogP contribution in [0, 0.1) is 5.41 Å². The van der Waals surface area contributed by atoms with Crippen LogP contribution < -0.4 is 0 Å². The number of carbonyl (C=O) groups is 2. The van der Waals surface area contributed by atoms with Crippen LogP contribution in [0.1, 0.15) is 84.6 Å². The molecule has 0 aliphatic heterocycles. The zero-order valence-electron chi connectivity index (χ0n) is 13.8. The van der Waals surface area contributed by atoms with Crippen LogP contribution in [-0.2, 0) is 6.42 Å². The number of hydrogen-bond acceptors (Lipinski definition) is 2. The standard InChI is InChI=1S/C19H26O4/c1-2-3-4-5-6-10-19(11-12-19)13-16-14(17(20)21)8-7-9-15(16)18(22)23/h7-9H,2-6,10-13H2,1H3,(H,20,21)(H,22,23). The largest absolute Gasteiger partial charge is 0.478 e. The van der Waals surface area contributed by atoms with Crippen molar-refractivity contribution in [2.45, 2.75) is 64.7 Å². The van der Waals surface area contributed by atoms with Crippen LogP contribution in [0.4, 0.5) is 0 Å². The highest BCUT2D eigenvalue weighted by Gasteiger charge is 2.43. The van der Waals surface area contributed by atoms with Gasteiger partial charge in [-0.1, -0.05) is 45.1 Å². The van der Waals surface area contributed by atoms with Crippen LogP contribution >= 0.6 is 0 Å². The first kappa shape index (κ1) is 17.5. The summed E-state index contributed by atoms with van der Waals surface area (Å²) in [6.07, 6.45) is 9.89. The SMILES string of the molecule is CCCCCCCC1(Cc2c(C(=O)O)cccc2C(=O)O)CC1. The van der Waals surface area contributed by atoms with Gasteiger partial charge in [-0.25, -0.2) is 9.59 Å². The van der Waals surface area contributed by atoms with Crippen molar-refractivity contribution in [1.29, 1.82) is 0 Å². The quantitative estimate of drug-likeness (QED) is 0.610. The average molecular weight is 318 g/mol. The molecular formula is C19H26O4. The molecule has 0 heterocycles. The number of carboxylic acid groups (broad SMARTS) is 2. The third-order valence-electron chi connectivity index (χ3n) is 4.96. The first-order valence-corrected chi connectivity index (χ1v) is 8.57. The second-order valence-electron chi connectivity index (χ2n) is 6.78. The molecule has 0 aromatic heterocycles. The van der Waals surface area contributed by atoms with Gasteiger partial charge >= 0.3 is 11.9 Å². The smallest absolute Gasteiger partial charge is 0.335 e. The van der Waals surface area contributed by atoms with Crippen LogP contribution in [0.2, 0.25) is 0 Å². The summed E-state index contributed by atoms with van der Waals surface area (Å²) in [4.78, 5) is 22.9. The van der Waals surface area contributed by atoms with E-state index in [1.54, 1.807) is 0 Å². The van der Waals surface area contributed by atoms with Crippen molar-refractivity contribution in [1.82, 2.24) is 0 Å². The lowest BCUT2D eigenvalue weighted by molar-refractivity contribution is 0.0695. The lowest BCUT2D eigenvalue weighted by Crippen LogP contribution is -2.15. The highest BCUT2D eigenvalue weighted by atomic mass is 16.4. The molecule has 0 atom stereocenters. The number of hydrogen-bond donors (Lipinski definition) is 2. The second-order valence-corrected chi connectivity index (χ2v) is 6.78. The summed E-state index contributed by atoms with van der Waals surface area (Å²) in [5.74, 6) is -2.08. The van der Waals surface area contributed by atoms with Gasteiger partial charge in [0.1, 0.15) is 0 Å². The molecule has 2 rings (SSSR count). The van der Waals surface area contributed by atoms with E-state index in [1.165, 1.54) is 43.9 Å². The molecule has 2 N–H and O–H groups in total. The van der Waals surface area contributed by atoms with Crippen LogP contribution in [0.15, 0.2) is 18.2 Å². The van der Waals surface area contributed by atoms with E-state index in [9.17, 15) is 19.8 Å². The molecule has 1 fully saturated rings. The maximum atomic E-state index is 11.4. The van der Waals surface area contributed by atoms with Gasteiger partial charge in [0, 0.05) is 0 Å². The Bertz CT molecular complexity index is 540. The minimum absolute atomic E-state index is 0.127. The Hall–Kier alpha value is -1.84. The van der Waals surface area contributed by atoms with Crippen molar-refractivity contribution in [3.8, 4) is 0 Å². The van der Waals surface area contributed by atoms with E-state index < -0.39 is 11.9 Å². The summed E-state index contributed by atoms with van der Waals surface area (Å²) in [5, 5.41) is 18.7. The van der Waals surface area contributed by atoms with Gasteiger partial charge < -0.3 is 10.2 Å². The summed E-state index contributed by atoms with van der Waals surface area (Å²) in [7, 11) is 0. The van der Waals surface area contributed by atoms with Crippen molar-refractivity contribution < 1.29 is 19.8 Å². The van der Waals surface area contributed by atoms with Crippen LogP contribution in [0.25, 0.3) is 0 Å². The molecule has 0 unspecified atom stereocenters. The number of carboxylic acids is 2. The highest BCUT2D eigenvalue weighted by molar-refractivity contribution is 5.96. The number of aromatic carboxylic acids is 2. The molecule has 1 saturated carbocycles. The average Bonchev–Trinajstić information content (AvgIpc) is 3.26. The van der Waals surface area contributed by atoms with Crippen LogP contribution in [0.5, 0.6) is 0 Å². The Morgan fingerprint density at radius 3 is 2.04 bits per heavy atom. The van der Waals surface area contributed by atoms with Gasteiger partial charge in [0.2, 0.25) is 0 Å². The molecule has 1 aliphatic rings. The zero-order chi connectivity index (χ0) is 16.9. The van der Waals surface area contributed by atoms with E-state index in [2.05, 4.69) is 6.92 Å². The minimum atomic E-state index is -1.04.